The van der Waals surface area contributed by atoms with Crippen LogP contribution in [0.15, 0.2) is 15.8 Å². The number of nitrogens with one attached hydrogen (secondary N) is 1. The van der Waals surface area contributed by atoms with Crippen molar-refractivity contribution >= 4 is 0 Å². The molecule has 1 aromatic rings. The lowest BCUT2D eigenvalue weighted by Crippen LogP contribution is -2.38. The minimum Gasteiger partial charge on any atom is -0.373 e. The molecule has 2 heterocycles. The van der Waals surface area contributed by atoms with Gasteiger partial charge >= 0.3 is 5.69 Å². The molecule has 0 spiro atoms. The number of unbranched alkanes of at least 4 members (excludes halogenated alkanes) is 6. The molecule has 0 bridgehead atoms. The van der Waals surface area contributed by atoms with Gasteiger partial charge in [0.2, 0.25) is 0 Å². The molecular formula is C22H38N2O4. The zero-order chi connectivity index (χ0) is 20.5. The van der Waals surface area contributed by atoms with Crippen LogP contribution in [0.3, 0.4) is 0 Å². The molecule has 1 fully saturated rings. The zero-order valence-electron chi connectivity index (χ0n) is 18.0. The highest BCUT2D eigenvalue weighted by Crippen LogP contribution is 2.38. The van der Waals surface area contributed by atoms with Crippen molar-refractivity contribution in [1.82, 2.24) is 9.55 Å². The smallest absolute Gasteiger partial charge is 0.330 e. The van der Waals surface area contributed by atoms with Gasteiger partial charge in [0.05, 0.1) is 6.10 Å². The second kappa shape index (κ2) is 11.6. The lowest BCUT2D eigenvalue weighted by molar-refractivity contribution is -0.0676. The summed E-state index contributed by atoms with van der Waals surface area (Å²) in [6.45, 7) is 8.86. The summed E-state index contributed by atoms with van der Waals surface area (Å²) in [5.41, 5.74) is -0.280. The van der Waals surface area contributed by atoms with Gasteiger partial charge in [-0.1, -0.05) is 59.3 Å². The summed E-state index contributed by atoms with van der Waals surface area (Å²) < 4.78 is 14.0. The van der Waals surface area contributed by atoms with E-state index in [1.807, 2.05) is 0 Å². The van der Waals surface area contributed by atoms with Gasteiger partial charge < -0.3 is 9.47 Å². The van der Waals surface area contributed by atoms with Crippen molar-refractivity contribution in [1.29, 1.82) is 0 Å². The Bertz CT molecular complexity index is 697. The Morgan fingerprint density at radius 1 is 1.04 bits per heavy atom. The van der Waals surface area contributed by atoms with Gasteiger partial charge in [0.15, 0.2) is 6.23 Å². The van der Waals surface area contributed by atoms with Crippen LogP contribution in [0.25, 0.3) is 0 Å². The van der Waals surface area contributed by atoms with E-state index in [1.165, 1.54) is 43.1 Å². The van der Waals surface area contributed by atoms with Crippen LogP contribution in [0.2, 0.25) is 0 Å². The van der Waals surface area contributed by atoms with Gasteiger partial charge in [-0.15, -0.1) is 0 Å². The largest absolute Gasteiger partial charge is 0.373 e. The molecule has 6 heteroatoms. The molecule has 0 amide bonds. The topological polar surface area (TPSA) is 73.3 Å². The minimum absolute atomic E-state index is 0.0631. The summed E-state index contributed by atoms with van der Waals surface area (Å²) >= 11 is 0. The van der Waals surface area contributed by atoms with E-state index in [9.17, 15) is 9.59 Å². The van der Waals surface area contributed by atoms with Crippen LogP contribution in [0.4, 0.5) is 0 Å². The molecule has 0 saturated carbocycles. The minimum atomic E-state index is -0.484. The Labute approximate surface area is 168 Å². The highest BCUT2D eigenvalue weighted by Gasteiger charge is 2.44. The fourth-order valence-corrected chi connectivity index (χ4v) is 4.16. The molecule has 1 N–H and O–H groups in total. The van der Waals surface area contributed by atoms with Crippen LogP contribution in [0.5, 0.6) is 0 Å². The number of H-pyrrole nitrogens is 1. The molecule has 0 radical (unpaired) electrons. The average molecular weight is 395 g/mol. The Morgan fingerprint density at radius 2 is 1.71 bits per heavy atom. The lowest BCUT2D eigenvalue weighted by Gasteiger charge is -2.24. The van der Waals surface area contributed by atoms with Gasteiger partial charge in [-0.05, 0) is 26.2 Å². The van der Waals surface area contributed by atoms with E-state index in [-0.39, 0.29) is 23.7 Å². The first-order valence-electron chi connectivity index (χ1n) is 11.1. The van der Waals surface area contributed by atoms with Crippen LogP contribution in [0.1, 0.15) is 90.3 Å². The molecule has 1 unspecified atom stereocenters. The Kier molecular flexibility index (Phi) is 9.45. The third-order valence-electron chi connectivity index (χ3n) is 5.85. The number of aryl methyl sites for hydroxylation is 1. The quantitative estimate of drug-likeness (QED) is 0.536. The normalized spacial score (nSPS) is 24.7. The second-order valence-electron chi connectivity index (χ2n) is 7.98. The summed E-state index contributed by atoms with van der Waals surface area (Å²) in [4.78, 5) is 26.5. The molecule has 28 heavy (non-hydrogen) atoms. The number of aromatic nitrogens is 2. The third kappa shape index (κ3) is 5.80. The van der Waals surface area contributed by atoms with Crippen molar-refractivity contribution in [2.75, 3.05) is 6.61 Å². The van der Waals surface area contributed by atoms with Gasteiger partial charge in [0, 0.05) is 24.3 Å². The lowest BCUT2D eigenvalue weighted by atomic mass is 9.93. The maximum absolute atomic E-state index is 12.4. The van der Waals surface area contributed by atoms with E-state index >= 15 is 0 Å². The first kappa shape index (κ1) is 22.9. The van der Waals surface area contributed by atoms with Crippen molar-refractivity contribution in [3.8, 4) is 0 Å². The van der Waals surface area contributed by atoms with Crippen molar-refractivity contribution in [2.45, 2.75) is 104 Å². The summed E-state index contributed by atoms with van der Waals surface area (Å²) in [5, 5.41) is 0. The van der Waals surface area contributed by atoms with Crippen molar-refractivity contribution in [2.24, 2.45) is 5.92 Å². The average Bonchev–Trinajstić information content (AvgIpc) is 3.04. The highest BCUT2D eigenvalue weighted by molar-refractivity contribution is 5.03. The van der Waals surface area contributed by atoms with E-state index in [4.69, 9.17) is 9.47 Å². The SMILES string of the molecule is CCCCCCCCCO[C@H]1C(CC)[C@@H](CC)O[C@H]1n1cc(C)c(=O)[nH]c1=O. The number of hydrogen-bond acceptors (Lipinski definition) is 4. The van der Waals surface area contributed by atoms with Gasteiger partial charge in [0.1, 0.15) is 6.10 Å². The number of ether oxygens (including phenoxy) is 2. The molecule has 1 saturated heterocycles. The van der Waals surface area contributed by atoms with E-state index in [0.29, 0.717) is 12.2 Å². The summed E-state index contributed by atoms with van der Waals surface area (Å²) in [5.74, 6) is 0.249. The van der Waals surface area contributed by atoms with Crippen molar-refractivity contribution in [3.05, 3.63) is 32.6 Å². The second-order valence-corrected chi connectivity index (χ2v) is 7.98. The van der Waals surface area contributed by atoms with Crippen LogP contribution in [-0.4, -0.2) is 28.4 Å². The summed E-state index contributed by atoms with van der Waals surface area (Å²) in [7, 11) is 0. The monoisotopic (exact) mass is 394 g/mol. The van der Waals surface area contributed by atoms with Crippen LogP contribution in [-0.2, 0) is 9.47 Å². The van der Waals surface area contributed by atoms with Crippen molar-refractivity contribution < 1.29 is 9.47 Å². The number of nitrogens with zero attached hydrogens (tertiary/aromatic N) is 1. The predicted octanol–water partition coefficient (Wildman–Crippen LogP) is 4.31. The Hall–Kier alpha value is -1.40. The highest BCUT2D eigenvalue weighted by atomic mass is 16.6. The van der Waals surface area contributed by atoms with E-state index < -0.39 is 11.9 Å². The molecular weight excluding hydrogens is 356 g/mol. The van der Waals surface area contributed by atoms with Crippen LogP contribution in [0, 0.1) is 12.8 Å². The molecule has 4 atom stereocenters. The number of aromatic amines is 1. The fraction of sp³-hybridized carbons (Fsp3) is 0.818. The maximum atomic E-state index is 12.4. The van der Waals surface area contributed by atoms with E-state index in [2.05, 4.69) is 25.8 Å². The molecule has 1 aliphatic heterocycles. The fourth-order valence-electron chi connectivity index (χ4n) is 4.16. The van der Waals surface area contributed by atoms with Gasteiger partial charge in [0.25, 0.3) is 5.56 Å². The first-order chi connectivity index (χ1) is 13.5. The van der Waals surface area contributed by atoms with Crippen molar-refractivity contribution in [3.63, 3.8) is 0 Å². The molecule has 6 nitrogen and oxygen atoms in total. The van der Waals surface area contributed by atoms with Crippen LogP contribution >= 0.6 is 0 Å². The predicted molar refractivity (Wildman–Crippen MR) is 112 cm³/mol. The Morgan fingerprint density at radius 3 is 2.36 bits per heavy atom. The summed E-state index contributed by atoms with van der Waals surface area (Å²) in [6, 6.07) is 0. The molecule has 160 valence electrons. The third-order valence-corrected chi connectivity index (χ3v) is 5.85. The number of rotatable bonds is 12. The van der Waals surface area contributed by atoms with Gasteiger partial charge in [-0.25, -0.2) is 4.79 Å². The summed E-state index contributed by atoms with van der Waals surface area (Å²) in [6.07, 6.45) is 11.5. The van der Waals surface area contributed by atoms with Crippen LogP contribution < -0.4 is 11.2 Å². The van der Waals surface area contributed by atoms with E-state index in [0.717, 1.165) is 19.3 Å². The number of hydrogen-bond donors (Lipinski definition) is 1. The molecule has 2 rings (SSSR count). The molecule has 1 aromatic heterocycles. The Balaban J connectivity index is 2.02. The maximum Gasteiger partial charge on any atom is 0.330 e. The van der Waals surface area contributed by atoms with Gasteiger partial charge in [-0.3, -0.25) is 14.3 Å². The first-order valence-corrected chi connectivity index (χ1v) is 11.1. The standard InChI is InChI=1S/C22H38N2O4/c1-5-8-9-10-11-12-13-14-27-19-17(6-2)18(7-3)28-21(19)24-15-16(4)20(25)23-22(24)26/h15,17-19,21H,5-14H2,1-4H3,(H,23,25,26)/t17?,18-,19+,21-/m1/s1. The molecule has 1 aliphatic rings. The zero-order valence-corrected chi connectivity index (χ0v) is 18.0. The molecule has 0 aromatic carbocycles. The van der Waals surface area contributed by atoms with E-state index in [1.54, 1.807) is 13.1 Å². The van der Waals surface area contributed by atoms with Gasteiger partial charge in [-0.2, -0.15) is 0 Å². The molecule has 0 aliphatic carbocycles.